The Kier molecular flexibility index (Phi) is 4.36. The molecule has 0 unspecified atom stereocenters. The number of benzene rings is 1. The fraction of sp³-hybridized carbons (Fsp3) is 0.231. The summed E-state index contributed by atoms with van der Waals surface area (Å²) in [6.07, 6.45) is -5.83. The third kappa shape index (κ3) is 3.39. The molecule has 0 radical (unpaired) electrons. The second kappa shape index (κ2) is 5.98. The standard InChI is InChI=1S/C13H9F5N4O2/c1-7-6-10(12(14,15)13(16,17)18)21-11(19-7)20-8-4-2-3-5-9(8)22(23)24/h2-6H,1H3,(H,19,20,21). The fourth-order valence-corrected chi connectivity index (χ4v) is 1.79. The summed E-state index contributed by atoms with van der Waals surface area (Å²) in [6, 6.07) is 5.65. The molecule has 0 aliphatic carbocycles. The monoisotopic (exact) mass is 348 g/mol. The fourth-order valence-electron chi connectivity index (χ4n) is 1.79. The molecule has 2 aromatic rings. The number of alkyl halides is 5. The van der Waals surface area contributed by atoms with Crippen molar-refractivity contribution in [1.82, 2.24) is 9.97 Å². The molecule has 0 atom stereocenters. The molecule has 1 aromatic carbocycles. The van der Waals surface area contributed by atoms with E-state index in [-0.39, 0.29) is 11.4 Å². The number of hydrogen-bond acceptors (Lipinski definition) is 5. The average Bonchev–Trinajstić information content (AvgIpc) is 2.45. The minimum atomic E-state index is -5.83. The van der Waals surface area contributed by atoms with Gasteiger partial charge in [-0.2, -0.15) is 22.0 Å². The van der Waals surface area contributed by atoms with Gasteiger partial charge in [0, 0.05) is 11.8 Å². The van der Waals surface area contributed by atoms with Gasteiger partial charge in [0.15, 0.2) is 0 Å². The largest absolute Gasteiger partial charge is 0.459 e. The van der Waals surface area contributed by atoms with Crippen LogP contribution in [0.25, 0.3) is 0 Å². The number of hydrogen-bond donors (Lipinski definition) is 1. The molecule has 1 aromatic heterocycles. The highest BCUT2D eigenvalue weighted by Crippen LogP contribution is 2.43. The third-order valence-corrected chi connectivity index (χ3v) is 2.88. The first kappa shape index (κ1) is 17.5. The van der Waals surface area contributed by atoms with E-state index in [0.29, 0.717) is 6.07 Å². The van der Waals surface area contributed by atoms with Crippen molar-refractivity contribution in [1.29, 1.82) is 0 Å². The summed E-state index contributed by atoms with van der Waals surface area (Å²) in [7, 11) is 0. The van der Waals surface area contributed by atoms with Crippen LogP contribution in [0.5, 0.6) is 0 Å². The normalized spacial score (nSPS) is 12.1. The van der Waals surface area contributed by atoms with E-state index in [1.54, 1.807) is 0 Å². The maximum absolute atomic E-state index is 13.4. The van der Waals surface area contributed by atoms with Gasteiger partial charge in [0.1, 0.15) is 11.4 Å². The van der Waals surface area contributed by atoms with E-state index in [9.17, 15) is 32.1 Å². The van der Waals surface area contributed by atoms with Gasteiger partial charge in [-0.25, -0.2) is 9.97 Å². The summed E-state index contributed by atoms with van der Waals surface area (Å²) in [6.45, 7) is 1.20. The van der Waals surface area contributed by atoms with Gasteiger partial charge in [0.25, 0.3) is 5.69 Å². The summed E-state index contributed by atoms with van der Waals surface area (Å²) in [5, 5.41) is 13.2. The molecule has 6 nitrogen and oxygen atoms in total. The number of para-hydroxylation sites is 2. The van der Waals surface area contributed by atoms with Crippen LogP contribution in [0, 0.1) is 17.0 Å². The third-order valence-electron chi connectivity index (χ3n) is 2.88. The molecule has 0 aliphatic heterocycles. The van der Waals surface area contributed by atoms with Crippen LogP contribution in [0.4, 0.5) is 39.3 Å². The molecular formula is C13H9F5N4O2. The molecular weight excluding hydrogens is 339 g/mol. The number of nitrogens with zero attached hydrogens (tertiary/aromatic N) is 3. The van der Waals surface area contributed by atoms with E-state index in [1.165, 1.54) is 25.1 Å². The van der Waals surface area contributed by atoms with Crippen LogP contribution in [0.1, 0.15) is 11.4 Å². The summed E-state index contributed by atoms with van der Waals surface area (Å²) >= 11 is 0. The van der Waals surface area contributed by atoms with Crippen molar-refractivity contribution in [3.05, 3.63) is 51.8 Å². The van der Waals surface area contributed by atoms with Crippen LogP contribution in [-0.4, -0.2) is 21.1 Å². The number of aromatic nitrogens is 2. The molecule has 0 saturated carbocycles. The molecule has 128 valence electrons. The Morgan fingerprint density at radius 3 is 2.33 bits per heavy atom. The summed E-state index contributed by atoms with van der Waals surface area (Å²) in [5.41, 5.74) is -2.27. The van der Waals surface area contributed by atoms with Gasteiger partial charge in [-0.3, -0.25) is 10.1 Å². The Bertz CT molecular complexity index is 779. The minimum Gasteiger partial charge on any atom is -0.318 e. The Morgan fingerprint density at radius 1 is 1.12 bits per heavy atom. The van der Waals surface area contributed by atoms with Crippen molar-refractivity contribution in [3.8, 4) is 0 Å². The number of rotatable bonds is 4. The Morgan fingerprint density at radius 2 is 1.75 bits per heavy atom. The summed E-state index contributed by atoms with van der Waals surface area (Å²) < 4.78 is 64.2. The molecule has 0 spiro atoms. The molecule has 0 aliphatic rings. The summed E-state index contributed by atoms with van der Waals surface area (Å²) in [4.78, 5) is 17.0. The number of nitrogens with one attached hydrogen (secondary N) is 1. The van der Waals surface area contributed by atoms with Crippen LogP contribution in [0.15, 0.2) is 30.3 Å². The first-order chi connectivity index (χ1) is 11.0. The quantitative estimate of drug-likeness (QED) is 0.511. The first-order valence-electron chi connectivity index (χ1n) is 6.33. The number of nitro groups is 1. The molecule has 0 bridgehead atoms. The molecule has 0 fully saturated rings. The highest BCUT2D eigenvalue weighted by Gasteiger charge is 2.60. The van der Waals surface area contributed by atoms with Crippen molar-refractivity contribution in [2.75, 3.05) is 5.32 Å². The lowest BCUT2D eigenvalue weighted by molar-refractivity contribution is -0.383. The number of anilines is 2. The predicted octanol–water partition coefficient (Wildman–Crippen LogP) is 4.09. The van der Waals surface area contributed by atoms with Gasteiger partial charge in [0.05, 0.1) is 4.92 Å². The second-order valence-corrected chi connectivity index (χ2v) is 4.69. The minimum absolute atomic E-state index is 0.144. The SMILES string of the molecule is Cc1cc(C(F)(F)C(F)(F)F)nc(Nc2ccccc2[N+](=O)[O-])n1. The lowest BCUT2D eigenvalue weighted by atomic mass is 10.2. The number of halogens is 5. The van der Waals surface area contributed by atoms with Crippen molar-refractivity contribution >= 4 is 17.3 Å². The zero-order chi connectivity index (χ0) is 18.1. The highest BCUT2D eigenvalue weighted by atomic mass is 19.4. The zero-order valence-electron chi connectivity index (χ0n) is 11.9. The lowest BCUT2D eigenvalue weighted by Gasteiger charge is -2.19. The van der Waals surface area contributed by atoms with E-state index in [1.807, 2.05) is 0 Å². The Hall–Kier alpha value is -2.85. The second-order valence-electron chi connectivity index (χ2n) is 4.69. The maximum atomic E-state index is 13.4. The Balaban J connectivity index is 2.46. The van der Waals surface area contributed by atoms with E-state index < -0.39 is 34.4 Å². The summed E-state index contributed by atoms with van der Waals surface area (Å²) in [5.74, 6) is -5.79. The van der Waals surface area contributed by atoms with Gasteiger partial charge < -0.3 is 5.32 Å². The predicted molar refractivity (Wildman–Crippen MR) is 73.1 cm³/mol. The maximum Gasteiger partial charge on any atom is 0.459 e. The van der Waals surface area contributed by atoms with Crippen molar-refractivity contribution in [3.63, 3.8) is 0 Å². The number of nitro benzene ring substituents is 1. The van der Waals surface area contributed by atoms with Gasteiger partial charge in [0.2, 0.25) is 5.95 Å². The molecule has 0 amide bonds. The van der Waals surface area contributed by atoms with Crippen LogP contribution in [-0.2, 0) is 5.92 Å². The Labute approximate surface area is 131 Å². The smallest absolute Gasteiger partial charge is 0.318 e. The molecule has 24 heavy (non-hydrogen) atoms. The average molecular weight is 348 g/mol. The van der Waals surface area contributed by atoms with Crippen LogP contribution >= 0.6 is 0 Å². The highest BCUT2D eigenvalue weighted by molar-refractivity contribution is 5.66. The van der Waals surface area contributed by atoms with Gasteiger partial charge in [-0.1, -0.05) is 12.1 Å². The molecule has 11 heteroatoms. The van der Waals surface area contributed by atoms with Gasteiger partial charge in [-0.15, -0.1) is 0 Å². The zero-order valence-corrected chi connectivity index (χ0v) is 11.9. The van der Waals surface area contributed by atoms with E-state index >= 15 is 0 Å². The van der Waals surface area contributed by atoms with Crippen molar-refractivity contribution in [2.24, 2.45) is 0 Å². The van der Waals surface area contributed by atoms with E-state index in [4.69, 9.17) is 0 Å². The van der Waals surface area contributed by atoms with Crippen LogP contribution < -0.4 is 5.32 Å². The van der Waals surface area contributed by atoms with Gasteiger partial charge in [-0.05, 0) is 19.1 Å². The molecule has 1 heterocycles. The molecule has 2 rings (SSSR count). The topological polar surface area (TPSA) is 81.0 Å². The van der Waals surface area contributed by atoms with E-state index in [2.05, 4.69) is 15.3 Å². The van der Waals surface area contributed by atoms with Crippen LogP contribution in [0.2, 0.25) is 0 Å². The molecule has 1 N–H and O–H groups in total. The van der Waals surface area contributed by atoms with Gasteiger partial charge >= 0.3 is 12.1 Å². The first-order valence-corrected chi connectivity index (χ1v) is 6.33. The van der Waals surface area contributed by atoms with Crippen molar-refractivity contribution in [2.45, 2.75) is 19.0 Å². The van der Waals surface area contributed by atoms with Crippen LogP contribution in [0.3, 0.4) is 0 Å². The lowest BCUT2D eigenvalue weighted by Crippen LogP contribution is -2.34. The van der Waals surface area contributed by atoms with Crippen molar-refractivity contribution < 1.29 is 26.9 Å². The molecule has 0 saturated heterocycles. The number of aryl methyl sites for hydroxylation is 1. The van der Waals surface area contributed by atoms with E-state index in [0.717, 1.165) is 6.07 Å².